The maximum Gasteiger partial charge on any atom is 0.326 e. The van der Waals surface area contributed by atoms with E-state index in [1.165, 1.54) is 4.90 Å². The van der Waals surface area contributed by atoms with Gasteiger partial charge in [-0.3, -0.25) is 9.69 Å². The van der Waals surface area contributed by atoms with Crippen LogP contribution in [0.3, 0.4) is 0 Å². The minimum Gasteiger partial charge on any atom is -0.480 e. The van der Waals surface area contributed by atoms with Gasteiger partial charge in [-0.15, -0.1) is 0 Å². The molecule has 4 nitrogen and oxygen atoms in total. The molecule has 5 heteroatoms. The number of hydrogen-bond acceptors (Lipinski definition) is 2. The van der Waals surface area contributed by atoms with Gasteiger partial charge in [-0.05, 0) is 37.5 Å². The largest absolute Gasteiger partial charge is 0.480 e. The molecule has 1 saturated heterocycles. The van der Waals surface area contributed by atoms with E-state index in [4.69, 9.17) is 0 Å². The number of carboxylic acid groups (broad SMARTS) is 1. The van der Waals surface area contributed by atoms with Crippen LogP contribution >= 0.6 is 15.9 Å². The van der Waals surface area contributed by atoms with Crippen LogP contribution in [0.2, 0.25) is 0 Å². The molecule has 1 aromatic carbocycles. The number of carboxylic acids is 1. The molecule has 2 rings (SSSR count). The average Bonchev–Trinajstić information content (AvgIpc) is 2.32. The van der Waals surface area contributed by atoms with E-state index >= 15 is 0 Å². The van der Waals surface area contributed by atoms with E-state index in [1.807, 2.05) is 13.0 Å². The molecule has 0 aliphatic carbocycles. The summed E-state index contributed by atoms with van der Waals surface area (Å²) in [7, 11) is 0. The number of benzene rings is 1. The second-order valence-electron chi connectivity index (χ2n) is 4.44. The van der Waals surface area contributed by atoms with E-state index in [0.29, 0.717) is 24.9 Å². The van der Waals surface area contributed by atoms with Gasteiger partial charge in [-0.2, -0.15) is 0 Å². The van der Waals surface area contributed by atoms with Gasteiger partial charge in [0, 0.05) is 16.6 Å². The second-order valence-corrected chi connectivity index (χ2v) is 5.30. The van der Waals surface area contributed by atoms with Gasteiger partial charge >= 0.3 is 5.97 Å². The maximum atomic E-state index is 12.0. The molecule has 1 amide bonds. The van der Waals surface area contributed by atoms with Gasteiger partial charge < -0.3 is 5.11 Å². The SMILES string of the molecule is Cc1ccc(N2C(=O)CCCC2C(=O)O)cc1Br. The number of carbonyl (C=O) groups excluding carboxylic acids is 1. The van der Waals surface area contributed by atoms with Crippen molar-refractivity contribution in [3.63, 3.8) is 0 Å². The molecule has 1 aromatic rings. The Balaban J connectivity index is 2.40. The zero-order chi connectivity index (χ0) is 13.3. The van der Waals surface area contributed by atoms with Gasteiger partial charge in [0.25, 0.3) is 0 Å². The molecule has 1 heterocycles. The summed E-state index contributed by atoms with van der Waals surface area (Å²) in [4.78, 5) is 24.6. The van der Waals surface area contributed by atoms with Crippen molar-refractivity contribution in [2.45, 2.75) is 32.2 Å². The highest BCUT2D eigenvalue weighted by Gasteiger charge is 2.34. The molecule has 0 radical (unpaired) electrons. The molecule has 0 saturated carbocycles. The quantitative estimate of drug-likeness (QED) is 0.913. The Morgan fingerprint density at radius 3 is 2.83 bits per heavy atom. The van der Waals surface area contributed by atoms with Crippen molar-refractivity contribution in [2.24, 2.45) is 0 Å². The number of halogens is 1. The maximum absolute atomic E-state index is 12.0. The summed E-state index contributed by atoms with van der Waals surface area (Å²) in [5.74, 6) is -1.07. The number of anilines is 1. The number of nitrogens with zero attached hydrogens (tertiary/aromatic N) is 1. The van der Waals surface area contributed by atoms with Crippen molar-refractivity contribution in [3.8, 4) is 0 Å². The lowest BCUT2D eigenvalue weighted by Crippen LogP contribution is -2.48. The van der Waals surface area contributed by atoms with Crippen molar-refractivity contribution in [2.75, 3.05) is 4.90 Å². The lowest BCUT2D eigenvalue weighted by atomic mass is 10.0. The predicted molar refractivity (Wildman–Crippen MR) is 71.6 cm³/mol. The second kappa shape index (κ2) is 5.10. The van der Waals surface area contributed by atoms with Gasteiger partial charge in [0.05, 0.1) is 0 Å². The normalized spacial score (nSPS) is 20.0. The van der Waals surface area contributed by atoms with Crippen LogP contribution in [0.15, 0.2) is 22.7 Å². The molecule has 1 aliphatic rings. The number of aryl methyl sites for hydroxylation is 1. The molecule has 0 aromatic heterocycles. The van der Waals surface area contributed by atoms with Crippen molar-refractivity contribution >= 4 is 33.5 Å². The molecular weight excluding hydrogens is 298 g/mol. The Bertz CT molecular complexity index is 501. The molecule has 1 atom stereocenters. The van der Waals surface area contributed by atoms with Crippen LogP contribution in [-0.4, -0.2) is 23.0 Å². The fourth-order valence-corrected chi connectivity index (χ4v) is 2.53. The first-order chi connectivity index (χ1) is 8.50. The third-order valence-corrected chi connectivity index (χ3v) is 4.02. The van der Waals surface area contributed by atoms with Gasteiger partial charge in [0.15, 0.2) is 0 Å². The smallest absolute Gasteiger partial charge is 0.326 e. The summed E-state index contributed by atoms with van der Waals surface area (Å²) in [5.41, 5.74) is 1.69. The molecule has 0 spiro atoms. The Hall–Kier alpha value is -1.36. The number of rotatable bonds is 2. The molecule has 18 heavy (non-hydrogen) atoms. The zero-order valence-corrected chi connectivity index (χ0v) is 11.6. The summed E-state index contributed by atoms with van der Waals surface area (Å²) in [6, 6.07) is 4.72. The van der Waals surface area contributed by atoms with Gasteiger partial charge in [-0.1, -0.05) is 22.0 Å². The van der Waals surface area contributed by atoms with Crippen LogP contribution in [0.4, 0.5) is 5.69 Å². The number of amides is 1. The Labute approximate surface area is 114 Å². The Kier molecular flexibility index (Phi) is 3.71. The van der Waals surface area contributed by atoms with E-state index in [-0.39, 0.29) is 5.91 Å². The van der Waals surface area contributed by atoms with E-state index < -0.39 is 12.0 Å². The minimum absolute atomic E-state index is 0.121. The van der Waals surface area contributed by atoms with Gasteiger partial charge in [-0.25, -0.2) is 4.79 Å². The van der Waals surface area contributed by atoms with Crippen LogP contribution in [0.1, 0.15) is 24.8 Å². The highest BCUT2D eigenvalue weighted by molar-refractivity contribution is 9.10. The first-order valence-electron chi connectivity index (χ1n) is 5.81. The lowest BCUT2D eigenvalue weighted by Gasteiger charge is -2.33. The van der Waals surface area contributed by atoms with E-state index in [2.05, 4.69) is 15.9 Å². The topological polar surface area (TPSA) is 57.6 Å². The average molecular weight is 312 g/mol. The number of carbonyl (C=O) groups is 2. The van der Waals surface area contributed by atoms with Gasteiger partial charge in [0.1, 0.15) is 6.04 Å². The molecule has 1 aliphatic heterocycles. The number of piperidine rings is 1. The van der Waals surface area contributed by atoms with Crippen LogP contribution in [0, 0.1) is 6.92 Å². The van der Waals surface area contributed by atoms with E-state index in [1.54, 1.807) is 12.1 Å². The molecule has 96 valence electrons. The summed E-state index contributed by atoms with van der Waals surface area (Å²) in [6.45, 7) is 1.95. The Morgan fingerprint density at radius 2 is 2.22 bits per heavy atom. The van der Waals surface area contributed by atoms with Crippen molar-refractivity contribution in [3.05, 3.63) is 28.2 Å². The summed E-state index contributed by atoms with van der Waals surface area (Å²) >= 11 is 3.40. The first kappa shape index (κ1) is 13.1. The molecule has 0 bridgehead atoms. The van der Waals surface area contributed by atoms with Crippen molar-refractivity contribution in [1.29, 1.82) is 0 Å². The lowest BCUT2D eigenvalue weighted by molar-refractivity contribution is -0.141. The summed E-state index contributed by atoms with van der Waals surface area (Å²) in [5, 5.41) is 9.21. The predicted octanol–water partition coefficient (Wildman–Crippen LogP) is 2.73. The van der Waals surface area contributed by atoms with Crippen LogP contribution < -0.4 is 4.90 Å². The molecular formula is C13H14BrNO3. The summed E-state index contributed by atoms with van der Waals surface area (Å²) < 4.78 is 0.877. The number of hydrogen-bond donors (Lipinski definition) is 1. The molecule has 1 fully saturated rings. The first-order valence-corrected chi connectivity index (χ1v) is 6.61. The fraction of sp³-hybridized carbons (Fsp3) is 0.385. The highest BCUT2D eigenvalue weighted by atomic mass is 79.9. The highest BCUT2D eigenvalue weighted by Crippen LogP contribution is 2.29. The van der Waals surface area contributed by atoms with Gasteiger partial charge in [0.2, 0.25) is 5.91 Å². The van der Waals surface area contributed by atoms with Crippen molar-refractivity contribution in [1.82, 2.24) is 0 Å². The Morgan fingerprint density at radius 1 is 1.50 bits per heavy atom. The van der Waals surface area contributed by atoms with Crippen LogP contribution in [-0.2, 0) is 9.59 Å². The third kappa shape index (κ3) is 2.41. The third-order valence-electron chi connectivity index (χ3n) is 3.17. The monoisotopic (exact) mass is 311 g/mol. The van der Waals surface area contributed by atoms with Crippen LogP contribution in [0.5, 0.6) is 0 Å². The standard InChI is InChI=1S/C13H14BrNO3/c1-8-5-6-9(7-10(8)14)15-11(13(17)18)3-2-4-12(15)16/h5-7,11H,2-4H2,1H3,(H,17,18). The van der Waals surface area contributed by atoms with E-state index in [9.17, 15) is 14.7 Å². The van der Waals surface area contributed by atoms with E-state index in [0.717, 1.165) is 10.0 Å². The van der Waals surface area contributed by atoms with Crippen LogP contribution in [0.25, 0.3) is 0 Å². The summed E-state index contributed by atoms with van der Waals surface area (Å²) in [6.07, 6.45) is 1.56. The molecule has 1 N–H and O–H groups in total. The number of aliphatic carboxylic acids is 1. The molecule has 1 unspecified atom stereocenters. The zero-order valence-electron chi connectivity index (χ0n) is 10.0. The van der Waals surface area contributed by atoms with Crippen molar-refractivity contribution < 1.29 is 14.7 Å². The minimum atomic E-state index is -0.945. The fourth-order valence-electron chi connectivity index (χ4n) is 2.16.